The maximum Gasteiger partial charge on any atom is 0.202 e. The zero-order valence-corrected chi connectivity index (χ0v) is 10.6. The van der Waals surface area contributed by atoms with E-state index in [0.717, 1.165) is 0 Å². The summed E-state index contributed by atoms with van der Waals surface area (Å²) in [6.45, 7) is 0. The molecule has 2 rings (SSSR count). The van der Waals surface area contributed by atoms with E-state index in [1.54, 1.807) is 60.7 Å². The van der Waals surface area contributed by atoms with Crippen LogP contribution in [0.5, 0.6) is 0 Å². The Morgan fingerprint density at radius 1 is 0.650 bits per heavy atom. The van der Waals surface area contributed by atoms with Crippen LogP contribution in [0.2, 0.25) is 0 Å². The molecule has 0 aliphatic rings. The van der Waals surface area contributed by atoms with Crippen LogP contribution in [-0.2, 0) is 0 Å². The number of benzene rings is 2. The van der Waals surface area contributed by atoms with E-state index in [9.17, 15) is 20.8 Å². The van der Waals surface area contributed by atoms with E-state index in [0.29, 0.717) is 11.1 Å². The highest BCUT2D eigenvalue weighted by molar-refractivity contribution is 5.24. The first-order chi connectivity index (χ1) is 9.61. The largest absolute Gasteiger partial charge is 0.599 e. The molecule has 4 atom stereocenters. The molecule has 0 aliphatic carbocycles. The number of hydrogen-bond acceptors (Lipinski definition) is 4. The van der Waals surface area contributed by atoms with Crippen molar-refractivity contribution in [3.63, 3.8) is 0 Å². The molecule has 2 aromatic carbocycles. The average Bonchev–Trinajstić information content (AvgIpc) is 2.45. The van der Waals surface area contributed by atoms with Gasteiger partial charge in [0.15, 0.2) is 0 Å². The van der Waals surface area contributed by atoms with E-state index in [1.807, 2.05) is 0 Å². The van der Waals surface area contributed by atoms with Gasteiger partial charge in [-0.15, -0.1) is 0 Å². The van der Waals surface area contributed by atoms with Crippen molar-refractivity contribution in [2.75, 3.05) is 0 Å². The van der Waals surface area contributed by atoms with Crippen LogP contribution in [-0.4, -0.2) is 10.4 Å². The van der Waals surface area contributed by atoms with Gasteiger partial charge in [-0.2, -0.15) is 0 Å². The van der Waals surface area contributed by atoms with E-state index >= 15 is 0 Å². The lowest BCUT2D eigenvalue weighted by molar-refractivity contribution is -1.13. The fourth-order valence-electron chi connectivity index (χ4n) is 2.28. The quantitative estimate of drug-likeness (QED) is 0.579. The second-order valence-corrected chi connectivity index (χ2v) is 4.45. The fraction of sp³-hybridized carbons (Fsp3) is 0.143. The molecular weight excluding hydrogens is 260 g/mol. The van der Waals surface area contributed by atoms with Crippen LogP contribution in [0.1, 0.15) is 23.2 Å². The minimum absolute atomic E-state index is 0.483. The molecule has 0 fully saturated rings. The molecule has 0 amide bonds. The Morgan fingerprint density at radius 2 is 0.950 bits per heavy atom. The van der Waals surface area contributed by atoms with Gasteiger partial charge in [0.2, 0.25) is 12.1 Å². The van der Waals surface area contributed by atoms with Gasteiger partial charge in [-0.3, -0.25) is 0 Å². The molecule has 4 N–H and O–H groups in total. The highest BCUT2D eigenvalue weighted by Crippen LogP contribution is 2.23. The van der Waals surface area contributed by atoms with E-state index in [4.69, 9.17) is 0 Å². The maximum atomic E-state index is 11.6. The summed E-state index contributed by atoms with van der Waals surface area (Å²) in [5.74, 6) is 0. The van der Waals surface area contributed by atoms with Crippen molar-refractivity contribution in [1.29, 1.82) is 0 Å². The van der Waals surface area contributed by atoms with Gasteiger partial charge >= 0.3 is 0 Å². The van der Waals surface area contributed by atoms with Crippen LogP contribution in [0.3, 0.4) is 0 Å². The van der Waals surface area contributed by atoms with Gasteiger partial charge in [0.1, 0.15) is 0 Å². The molecule has 2 aromatic rings. The SMILES string of the molecule is [O-][NH+](O)C(c1ccccc1)C(c1ccccc1)[NH+]([O-])O. The molecule has 20 heavy (non-hydrogen) atoms. The molecule has 4 unspecified atom stereocenters. The highest BCUT2D eigenvalue weighted by Gasteiger charge is 2.35. The smallest absolute Gasteiger partial charge is 0.202 e. The molecular formula is C14H16N2O4. The molecule has 106 valence electrons. The van der Waals surface area contributed by atoms with Crippen molar-refractivity contribution in [2.24, 2.45) is 0 Å². The summed E-state index contributed by atoms with van der Waals surface area (Å²) in [5.41, 5.74) is 0.965. The summed E-state index contributed by atoms with van der Waals surface area (Å²) < 4.78 is 0. The molecule has 0 radical (unpaired) electrons. The first-order valence-electron chi connectivity index (χ1n) is 6.16. The topological polar surface area (TPSA) is 95.5 Å². The van der Waals surface area contributed by atoms with Crippen LogP contribution in [0.4, 0.5) is 0 Å². The molecule has 0 saturated carbocycles. The Morgan fingerprint density at radius 3 is 1.20 bits per heavy atom. The Hall–Kier alpha value is -1.80. The number of hydrogen-bond donors (Lipinski definition) is 4. The predicted octanol–water partition coefficient (Wildman–Crippen LogP) is 0.0128. The van der Waals surface area contributed by atoms with E-state index < -0.39 is 22.5 Å². The fourth-order valence-corrected chi connectivity index (χ4v) is 2.28. The number of nitrogens with one attached hydrogen (secondary N) is 2. The Labute approximate surface area is 116 Å². The number of rotatable bonds is 5. The summed E-state index contributed by atoms with van der Waals surface area (Å²) in [4.78, 5) is 0. The first kappa shape index (κ1) is 14.6. The van der Waals surface area contributed by atoms with Gasteiger partial charge in [-0.1, -0.05) is 60.7 Å². The molecule has 0 aromatic heterocycles. The van der Waals surface area contributed by atoms with Crippen molar-refractivity contribution in [2.45, 2.75) is 12.1 Å². The minimum Gasteiger partial charge on any atom is -0.599 e. The summed E-state index contributed by atoms with van der Waals surface area (Å²) >= 11 is 0. The van der Waals surface area contributed by atoms with Gasteiger partial charge in [0.25, 0.3) is 0 Å². The van der Waals surface area contributed by atoms with E-state index in [1.165, 1.54) is 0 Å². The third kappa shape index (κ3) is 3.20. The minimum atomic E-state index is -1.15. The van der Waals surface area contributed by atoms with Crippen LogP contribution in [0.15, 0.2) is 60.7 Å². The monoisotopic (exact) mass is 276 g/mol. The summed E-state index contributed by atoms with van der Waals surface area (Å²) in [5, 5.41) is 39.7. The van der Waals surface area contributed by atoms with Gasteiger partial charge in [0.05, 0.1) is 0 Å². The van der Waals surface area contributed by atoms with E-state index in [-0.39, 0.29) is 0 Å². The van der Waals surface area contributed by atoms with Gasteiger partial charge < -0.3 is 10.4 Å². The standard InChI is InChI=1S/C14H16N2O4/c17-15(18)13(11-7-3-1-4-8-11)14(16(19)20)12-9-5-2-6-10-12/h1-10,13-17,19H. The summed E-state index contributed by atoms with van der Waals surface area (Å²) in [6, 6.07) is 14.7. The Kier molecular flexibility index (Phi) is 4.80. The predicted molar refractivity (Wildman–Crippen MR) is 70.6 cm³/mol. The average molecular weight is 276 g/mol. The Bertz CT molecular complexity index is 470. The molecule has 6 nitrogen and oxygen atoms in total. The van der Waals surface area contributed by atoms with Crippen molar-refractivity contribution >= 4 is 0 Å². The van der Waals surface area contributed by atoms with E-state index in [2.05, 4.69) is 0 Å². The number of quaternary nitrogens is 2. The zero-order valence-electron chi connectivity index (χ0n) is 10.6. The van der Waals surface area contributed by atoms with Crippen molar-refractivity contribution in [3.05, 3.63) is 82.2 Å². The molecule has 0 bridgehead atoms. The lowest BCUT2D eigenvalue weighted by Crippen LogP contribution is -3.14. The molecule has 6 heteroatoms. The molecule has 0 heterocycles. The normalized spacial score (nSPS) is 17.2. The lowest BCUT2D eigenvalue weighted by atomic mass is 9.94. The zero-order chi connectivity index (χ0) is 14.5. The van der Waals surface area contributed by atoms with Crippen LogP contribution < -0.4 is 10.5 Å². The summed E-state index contributed by atoms with van der Waals surface area (Å²) in [7, 11) is 0. The number of hydroxylamine groups is 4. The first-order valence-corrected chi connectivity index (χ1v) is 6.16. The maximum absolute atomic E-state index is 11.6. The second-order valence-electron chi connectivity index (χ2n) is 4.45. The molecule has 0 aliphatic heterocycles. The third-order valence-corrected chi connectivity index (χ3v) is 3.18. The molecule has 0 saturated heterocycles. The Balaban J connectivity index is 2.44. The molecule has 0 spiro atoms. The van der Waals surface area contributed by atoms with Crippen molar-refractivity contribution < 1.29 is 20.9 Å². The highest BCUT2D eigenvalue weighted by atomic mass is 16.8. The third-order valence-electron chi connectivity index (χ3n) is 3.18. The van der Waals surface area contributed by atoms with Crippen molar-refractivity contribution in [1.82, 2.24) is 0 Å². The van der Waals surface area contributed by atoms with Crippen LogP contribution in [0.25, 0.3) is 0 Å². The van der Waals surface area contributed by atoms with Gasteiger partial charge in [0, 0.05) is 11.1 Å². The lowest BCUT2D eigenvalue weighted by Gasteiger charge is -2.33. The van der Waals surface area contributed by atoms with Gasteiger partial charge in [-0.05, 0) is 0 Å². The summed E-state index contributed by atoms with van der Waals surface area (Å²) in [6.07, 6.45) is 0. The second kappa shape index (κ2) is 6.58. The van der Waals surface area contributed by atoms with Crippen LogP contribution in [0, 0.1) is 10.4 Å². The van der Waals surface area contributed by atoms with Gasteiger partial charge in [-0.25, -0.2) is 20.9 Å². The van der Waals surface area contributed by atoms with Crippen LogP contribution >= 0.6 is 0 Å². The van der Waals surface area contributed by atoms with Crippen molar-refractivity contribution in [3.8, 4) is 0 Å².